The Bertz CT molecular complexity index is 556. The summed E-state index contributed by atoms with van der Waals surface area (Å²) in [5.41, 5.74) is 12.3. The summed E-state index contributed by atoms with van der Waals surface area (Å²) < 4.78 is 11.2. The fraction of sp³-hybridized carbons (Fsp3) is 0.529. The summed E-state index contributed by atoms with van der Waals surface area (Å²) in [6, 6.07) is 6.47. The lowest BCUT2D eigenvalue weighted by Crippen LogP contribution is -2.37. The third-order valence-electron chi connectivity index (χ3n) is 4.19. The second-order valence-electron chi connectivity index (χ2n) is 6.08. The van der Waals surface area contributed by atoms with Gasteiger partial charge in [0.15, 0.2) is 0 Å². The van der Waals surface area contributed by atoms with E-state index in [0.29, 0.717) is 12.6 Å². The molecule has 1 saturated heterocycles. The van der Waals surface area contributed by atoms with Crippen molar-refractivity contribution in [3.8, 4) is 5.75 Å². The molecule has 0 radical (unpaired) electrons. The van der Waals surface area contributed by atoms with Crippen molar-refractivity contribution in [3.05, 3.63) is 30.0 Å². The highest BCUT2D eigenvalue weighted by Gasteiger charge is 2.13. The van der Waals surface area contributed by atoms with Crippen LogP contribution in [0.15, 0.2) is 24.4 Å². The molecular formula is C17H26N4O2. The van der Waals surface area contributed by atoms with Gasteiger partial charge in [0, 0.05) is 57.3 Å². The van der Waals surface area contributed by atoms with Crippen molar-refractivity contribution in [1.82, 2.24) is 15.8 Å². The molecular weight excluding hydrogens is 292 g/mol. The first-order valence-electron chi connectivity index (χ1n) is 8.22. The van der Waals surface area contributed by atoms with Gasteiger partial charge < -0.3 is 25.5 Å². The van der Waals surface area contributed by atoms with Crippen LogP contribution in [-0.2, 0) is 4.74 Å². The molecule has 0 unspecified atom stereocenters. The number of nitrogen functional groups attached to an aromatic ring is 1. The molecule has 4 N–H and O–H groups in total. The Balaban J connectivity index is 1.51. The van der Waals surface area contributed by atoms with Crippen LogP contribution in [0.1, 0.15) is 18.4 Å². The van der Waals surface area contributed by atoms with Crippen LogP contribution in [0.5, 0.6) is 5.75 Å². The molecule has 0 atom stereocenters. The summed E-state index contributed by atoms with van der Waals surface area (Å²) >= 11 is 0. The van der Waals surface area contributed by atoms with E-state index in [-0.39, 0.29) is 0 Å². The van der Waals surface area contributed by atoms with E-state index < -0.39 is 0 Å². The monoisotopic (exact) mass is 318 g/mol. The Morgan fingerprint density at radius 1 is 1.35 bits per heavy atom. The smallest absolute Gasteiger partial charge is 0.122 e. The molecule has 0 aromatic heterocycles. The molecule has 0 spiro atoms. The van der Waals surface area contributed by atoms with Crippen molar-refractivity contribution in [1.29, 1.82) is 0 Å². The van der Waals surface area contributed by atoms with Gasteiger partial charge in [-0.25, -0.2) is 5.43 Å². The third-order valence-corrected chi connectivity index (χ3v) is 4.19. The van der Waals surface area contributed by atoms with Gasteiger partial charge in [-0.05, 0) is 36.1 Å². The summed E-state index contributed by atoms with van der Waals surface area (Å²) in [7, 11) is 1.98. The number of hydrogen-bond acceptors (Lipinski definition) is 6. The zero-order valence-corrected chi connectivity index (χ0v) is 13.7. The van der Waals surface area contributed by atoms with Crippen molar-refractivity contribution in [2.24, 2.45) is 0 Å². The molecule has 1 aromatic rings. The minimum atomic E-state index is 0.550. The van der Waals surface area contributed by atoms with E-state index in [0.717, 1.165) is 56.1 Å². The minimum absolute atomic E-state index is 0.550. The maximum Gasteiger partial charge on any atom is 0.122 e. The van der Waals surface area contributed by atoms with E-state index in [1.807, 2.05) is 24.2 Å². The molecule has 2 aliphatic heterocycles. The number of hydrazine groups is 1. The van der Waals surface area contributed by atoms with Gasteiger partial charge in [-0.1, -0.05) is 0 Å². The van der Waals surface area contributed by atoms with Crippen LogP contribution in [0.3, 0.4) is 0 Å². The molecule has 0 saturated carbocycles. The summed E-state index contributed by atoms with van der Waals surface area (Å²) in [5.74, 6) is 0.823. The van der Waals surface area contributed by atoms with Gasteiger partial charge in [-0.3, -0.25) is 0 Å². The number of ether oxygens (including phenoxy) is 2. The predicted molar refractivity (Wildman–Crippen MR) is 91.9 cm³/mol. The molecule has 23 heavy (non-hydrogen) atoms. The molecule has 2 heterocycles. The number of hydrogen-bond donors (Lipinski definition) is 3. The first-order chi connectivity index (χ1) is 11.2. The van der Waals surface area contributed by atoms with E-state index in [1.165, 1.54) is 5.57 Å². The summed E-state index contributed by atoms with van der Waals surface area (Å²) in [4.78, 5) is 0. The van der Waals surface area contributed by atoms with Crippen LogP contribution < -0.4 is 21.2 Å². The Labute approximate surface area is 137 Å². The maximum atomic E-state index is 6.01. The topological polar surface area (TPSA) is 71.8 Å². The molecule has 0 amide bonds. The van der Waals surface area contributed by atoms with Gasteiger partial charge >= 0.3 is 0 Å². The lowest BCUT2D eigenvalue weighted by atomic mass is 10.1. The van der Waals surface area contributed by atoms with E-state index in [4.69, 9.17) is 15.2 Å². The number of nitrogens with one attached hydrogen (secondary N) is 2. The predicted octanol–water partition coefficient (Wildman–Crippen LogP) is 1.21. The normalized spacial score (nSPS) is 19.0. The SMILES string of the molecule is CN1C=C(c2cc(N)cc(OCCNC3CCOCC3)c2)CN1. The van der Waals surface area contributed by atoms with Gasteiger partial charge in [0.25, 0.3) is 0 Å². The molecule has 3 rings (SSSR count). The zero-order valence-electron chi connectivity index (χ0n) is 13.7. The molecule has 0 bridgehead atoms. The number of anilines is 1. The number of rotatable bonds is 6. The first-order valence-corrected chi connectivity index (χ1v) is 8.22. The maximum absolute atomic E-state index is 6.01. The number of benzene rings is 1. The van der Waals surface area contributed by atoms with Crippen LogP contribution in [0.2, 0.25) is 0 Å². The summed E-state index contributed by atoms with van der Waals surface area (Å²) in [6.45, 7) is 3.99. The molecule has 126 valence electrons. The lowest BCUT2D eigenvalue weighted by Gasteiger charge is -2.23. The Morgan fingerprint density at radius 3 is 2.91 bits per heavy atom. The lowest BCUT2D eigenvalue weighted by molar-refractivity contribution is 0.0770. The quantitative estimate of drug-likeness (QED) is 0.541. The van der Waals surface area contributed by atoms with Gasteiger partial charge in [0.1, 0.15) is 12.4 Å². The van der Waals surface area contributed by atoms with Crippen LogP contribution in [0, 0.1) is 0 Å². The third kappa shape index (κ3) is 4.60. The molecule has 0 aliphatic carbocycles. The fourth-order valence-corrected chi connectivity index (χ4v) is 2.94. The van der Waals surface area contributed by atoms with E-state index in [2.05, 4.69) is 23.0 Å². The Hall–Kier alpha value is -1.76. The number of nitrogens with zero attached hydrogens (tertiary/aromatic N) is 1. The highest BCUT2D eigenvalue weighted by molar-refractivity contribution is 5.71. The van der Waals surface area contributed by atoms with Crippen LogP contribution in [0.4, 0.5) is 5.69 Å². The van der Waals surface area contributed by atoms with Crippen molar-refractivity contribution < 1.29 is 9.47 Å². The molecule has 1 fully saturated rings. The largest absolute Gasteiger partial charge is 0.492 e. The van der Waals surface area contributed by atoms with Crippen LogP contribution >= 0.6 is 0 Å². The average molecular weight is 318 g/mol. The molecule has 6 nitrogen and oxygen atoms in total. The van der Waals surface area contributed by atoms with E-state index >= 15 is 0 Å². The molecule has 2 aliphatic rings. The van der Waals surface area contributed by atoms with E-state index in [1.54, 1.807) is 0 Å². The van der Waals surface area contributed by atoms with Crippen molar-refractivity contribution in [3.63, 3.8) is 0 Å². The average Bonchev–Trinajstić information content (AvgIpc) is 2.99. The van der Waals surface area contributed by atoms with Crippen molar-refractivity contribution >= 4 is 11.3 Å². The molecule has 6 heteroatoms. The van der Waals surface area contributed by atoms with Crippen molar-refractivity contribution in [2.75, 3.05) is 45.7 Å². The molecule has 1 aromatic carbocycles. The van der Waals surface area contributed by atoms with Gasteiger partial charge in [-0.15, -0.1) is 0 Å². The second kappa shape index (κ2) is 7.68. The number of nitrogens with two attached hydrogens (primary N) is 1. The highest BCUT2D eigenvalue weighted by atomic mass is 16.5. The van der Waals surface area contributed by atoms with Gasteiger partial charge in [-0.2, -0.15) is 0 Å². The highest BCUT2D eigenvalue weighted by Crippen LogP contribution is 2.25. The standard InChI is InChI=1S/C17H26N4O2/c1-21-12-14(11-20-21)13-8-15(18)10-17(9-13)23-7-4-19-16-2-5-22-6-3-16/h8-10,12,16,19-20H,2-7,11,18H2,1H3. The Morgan fingerprint density at radius 2 is 2.17 bits per heavy atom. The van der Waals surface area contributed by atoms with Crippen LogP contribution in [-0.4, -0.2) is 51.0 Å². The fourth-order valence-electron chi connectivity index (χ4n) is 2.94. The minimum Gasteiger partial charge on any atom is -0.492 e. The van der Waals surface area contributed by atoms with Crippen LogP contribution in [0.25, 0.3) is 5.57 Å². The zero-order chi connectivity index (χ0) is 16.1. The Kier molecular flexibility index (Phi) is 5.38. The van der Waals surface area contributed by atoms with E-state index in [9.17, 15) is 0 Å². The van der Waals surface area contributed by atoms with Crippen molar-refractivity contribution in [2.45, 2.75) is 18.9 Å². The summed E-state index contributed by atoms with van der Waals surface area (Å²) in [5, 5.41) is 5.47. The van der Waals surface area contributed by atoms with Gasteiger partial charge in [0.05, 0.1) is 0 Å². The first kappa shape index (κ1) is 16.1. The second-order valence-corrected chi connectivity index (χ2v) is 6.08. The summed E-state index contributed by atoms with van der Waals surface area (Å²) in [6.07, 6.45) is 4.24. The van der Waals surface area contributed by atoms with Gasteiger partial charge in [0.2, 0.25) is 0 Å².